The number of carboxylic acid groups (broad SMARTS) is 1. The third-order valence-electron chi connectivity index (χ3n) is 3.81. The minimum absolute atomic E-state index is 0. The van der Waals surface area contributed by atoms with E-state index in [1.54, 1.807) is 0 Å². The maximum Gasteiger partial charge on any atom is 1.00 e. The van der Waals surface area contributed by atoms with Gasteiger partial charge in [-0.3, -0.25) is 14.5 Å². The number of thiazole rings is 1. The molecule has 2 atom stereocenters. The van der Waals surface area contributed by atoms with E-state index in [4.69, 9.17) is 10.9 Å². The van der Waals surface area contributed by atoms with Gasteiger partial charge in [-0.1, -0.05) is 17.8 Å². The molecule has 29 heavy (non-hydrogen) atoms. The number of carbonyl (C=O) groups is 3. The molecule has 154 valence electrons. The molecule has 2 aliphatic rings. The smallest absolute Gasteiger partial charge is 1.00 e. The van der Waals surface area contributed by atoms with Crippen LogP contribution in [0.3, 0.4) is 0 Å². The number of β-lactam (4-membered cyclic amide) rings is 1. The van der Waals surface area contributed by atoms with Crippen LogP contribution in [-0.2, 0) is 14.4 Å². The number of rotatable bonds is 5. The van der Waals surface area contributed by atoms with Gasteiger partial charge in [0.1, 0.15) is 22.8 Å². The zero-order valence-corrected chi connectivity index (χ0v) is 19.8. The molecule has 3 rings (SSSR count). The SMILES string of the molecule is C=CC1=C(C(=O)O)N2C(=O)[C@@H](NC(=O)/C(=N\O)c3csc(N)n3)[C@H]2SC1.O.O.[H-].[K+]. The summed E-state index contributed by atoms with van der Waals surface area (Å²) >= 11 is 2.37. The van der Waals surface area contributed by atoms with Crippen molar-refractivity contribution in [3.05, 3.63) is 35.0 Å². The molecular weight excluding hydrogens is 453 g/mol. The Morgan fingerprint density at radius 3 is 2.62 bits per heavy atom. The molecule has 1 aromatic rings. The summed E-state index contributed by atoms with van der Waals surface area (Å²) in [6.45, 7) is 3.56. The van der Waals surface area contributed by atoms with Gasteiger partial charge in [0.05, 0.1) is 0 Å². The van der Waals surface area contributed by atoms with Gasteiger partial charge >= 0.3 is 57.4 Å². The van der Waals surface area contributed by atoms with Crippen LogP contribution in [0, 0.1) is 0 Å². The molecule has 15 heteroatoms. The van der Waals surface area contributed by atoms with Gasteiger partial charge < -0.3 is 33.7 Å². The Kier molecular flexibility index (Phi) is 10.7. The molecule has 3 heterocycles. The van der Waals surface area contributed by atoms with Gasteiger partial charge in [-0.2, -0.15) is 0 Å². The summed E-state index contributed by atoms with van der Waals surface area (Å²) in [5, 5.41) is 24.9. The number of nitrogen functional groups attached to an aromatic ring is 1. The standard InChI is InChI=1S/C14H13N5O5S2.K.2H2O.H/c1-2-5-3-25-12-8(11(21)19(12)9(5)13(22)23)17-10(20)7(18-24)6-4-26-14(15)16-6;;;;/h2,4,8,12,24H,1,3H2,(H2,15,16)(H,17,20)(H,22,23);;2*1H2;/q;+1;;;-1/b18-7-;;;;/t8-,12-;;;;/m1..../s1. The molecule has 0 saturated carbocycles. The summed E-state index contributed by atoms with van der Waals surface area (Å²) in [7, 11) is 0. The number of nitrogens with zero attached hydrogens (tertiary/aromatic N) is 3. The second-order valence-corrected chi connectivity index (χ2v) is 7.26. The van der Waals surface area contributed by atoms with Crippen LogP contribution in [-0.4, -0.2) is 71.8 Å². The van der Waals surface area contributed by atoms with E-state index in [-0.39, 0.29) is 86.0 Å². The number of carboxylic acids is 1. The second-order valence-electron chi connectivity index (χ2n) is 5.26. The van der Waals surface area contributed by atoms with Gasteiger partial charge in [0.25, 0.3) is 11.8 Å². The van der Waals surface area contributed by atoms with Gasteiger partial charge in [-0.05, 0) is 5.57 Å². The Hall–Kier alpha value is -1.30. The topological polar surface area (TPSA) is 221 Å². The number of anilines is 1. The Balaban J connectivity index is 0. The minimum Gasteiger partial charge on any atom is -1.00 e. The van der Waals surface area contributed by atoms with Crippen molar-refractivity contribution in [2.24, 2.45) is 5.16 Å². The van der Waals surface area contributed by atoms with Crippen molar-refractivity contribution >= 4 is 51.7 Å². The number of nitrogens with one attached hydrogen (secondary N) is 1. The molecule has 0 radical (unpaired) electrons. The van der Waals surface area contributed by atoms with Crippen LogP contribution < -0.4 is 62.4 Å². The van der Waals surface area contributed by atoms with Crippen LogP contribution in [0.25, 0.3) is 0 Å². The van der Waals surface area contributed by atoms with Gasteiger partial charge in [-0.25, -0.2) is 9.78 Å². The van der Waals surface area contributed by atoms with Gasteiger partial charge in [0.2, 0.25) is 0 Å². The van der Waals surface area contributed by atoms with Gasteiger partial charge in [-0.15, -0.1) is 23.1 Å². The van der Waals surface area contributed by atoms with Gasteiger partial charge in [0, 0.05) is 11.1 Å². The molecule has 0 aliphatic carbocycles. The van der Waals surface area contributed by atoms with Crippen LogP contribution >= 0.6 is 23.1 Å². The fourth-order valence-electron chi connectivity index (χ4n) is 2.62. The number of nitrogens with two attached hydrogens (primary N) is 1. The van der Waals surface area contributed by atoms with Crippen LogP contribution in [0.5, 0.6) is 0 Å². The van der Waals surface area contributed by atoms with Crippen molar-refractivity contribution in [3.8, 4) is 0 Å². The first-order valence-corrected chi connectivity index (χ1v) is 9.09. The predicted octanol–water partition coefficient (Wildman–Crippen LogP) is -4.70. The molecule has 12 nitrogen and oxygen atoms in total. The molecule has 0 bridgehead atoms. The molecule has 1 aromatic heterocycles. The van der Waals surface area contributed by atoms with E-state index < -0.39 is 29.2 Å². The number of aromatic nitrogens is 1. The number of hydrogen-bond acceptors (Lipinski definition) is 9. The Morgan fingerprint density at radius 2 is 2.14 bits per heavy atom. The molecule has 0 spiro atoms. The Bertz CT molecular complexity index is 894. The van der Waals surface area contributed by atoms with Crippen LogP contribution in [0.15, 0.2) is 34.5 Å². The predicted molar refractivity (Wildman–Crippen MR) is 103 cm³/mol. The van der Waals surface area contributed by atoms with E-state index >= 15 is 0 Å². The number of aliphatic carboxylic acids is 1. The number of fused-ring (bicyclic) bond motifs is 1. The third kappa shape index (κ3) is 5.07. The summed E-state index contributed by atoms with van der Waals surface area (Å²) in [6.07, 6.45) is 1.40. The fourth-order valence-corrected chi connectivity index (χ4v) is 4.51. The fraction of sp³-hybridized carbons (Fsp3) is 0.214. The van der Waals surface area contributed by atoms with E-state index in [1.807, 2.05) is 0 Å². The summed E-state index contributed by atoms with van der Waals surface area (Å²) in [6, 6.07) is -0.944. The molecule has 1 fully saturated rings. The Morgan fingerprint density at radius 1 is 1.48 bits per heavy atom. The van der Waals surface area contributed by atoms with E-state index in [1.165, 1.54) is 23.2 Å². The van der Waals surface area contributed by atoms with E-state index in [9.17, 15) is 19.5 Å². The summed E-state index contributed by atoms with van der Waals surface area (Å²) in [5.41, 5.74) is 5.49. The van der Waals surface area contributed by atoms with Crippen molar-refractivity contribution in [2.75, 3.05) is 11.5 Å². The van der Waals surface area contributed by atoms with Crippen molar-refractivity contribution < 1.29 is 88.5 Å². The summed E-state index contributed by atoms with van der Waals surface area (Å²) in [4.78, 5) is 41.2. The molecule has 0 aromatic carbocycles. The van der Waals surface area contributed by atoms with Crippen molar-refractivity contribution in [1.82, 2.24) is 15.2 Å². The number of thioether (sulfide) groups is 1. The largest absolute Gasteiger partial charge is 1.00 e. The maximum absolute atomic E-state index is 12.4. The molecule has 0 unspecified atom stereocenters. The maximum atomic E-state index is 12.4. The van der Waals surface area contributed by atoms with Crippen LogP contribution in [0.4, 0.5) is 5.13 Å². The number of oxime groups is 1. The summed E-state index contributed by atoms with van der Waals surface area (Å²) in [5.74, 6) is -2.27. The number of amides is 2. The van der Waals surface area contributed by atoms with E-state index in [2.05, 4.69) is 22.0 Å². The van der Waals surface area contributed by atoms with Crippen LogP contribution in [0.1, 0.15) is 7.12 Å². The van der Waals surface area contributed by atoms with Crippen molar-refractivity contribution in [3.63, 3.8) is 0 Å². The molecule has 9 N–H and O–H groups in total. The van der Waals surface area contributed by atoms with Crippen molar-refractivity contribution in [1.29, 1.82) is 0 Å². The molecular formula is C14H18KN5O7S2. The number of hydrogen-bond donors (Lipinski definition) is 4. The van der Waals surface area contributed by atoms with Crippen LogP contribution in [0.2, 0.25) is 0 Å². The third-order valence-corrected chi connectivity index (χ3v) is 5.79. The first-order chi connectivity index (χ1) is 12.4. The Labute approximate surface area is 216 Å². The van der Waals surface area contributed by atoms with Crippen molar-refractivity contribution in [2.45, 2.75) is 11.4 Å². The quantitative estimate of drug-likeness (QED) is 0.107. The summed E-state index contributed by atoms with van der Waals surface area (Å²) < 4.78 is 0. The second kappa shape index (κ2) is 11.2. The van der Waals surface area contributed by atoms with E-state index in [0.717, 1.165) is 16.2 Å². The molecule has 2 aliphatic heterocycles. The number of carbonyl (C=O) groups excluding carboxylic acids is 2. The zero-order chi connectivity index (χ0) is 19.0. The average Bonchev–Trinajstić information content (AvgIpc) is 3.04. The van der Waals surface area contributed by atoms with Gasteiger partial charge in [0.15, 0.2) is 10.8 Å². The normalized spacial score (nSPS) is 20.2. The monoisotopic (exact) mass is 471 g/mol. The first kappa shape index (κ1) is 27.7. The average molecular weight is 472 g/mol. The molecule has 2 amide bonds. The molecule has 1 saturated heterocycles. The first-order valence-electron chi connectivity index (χ1n) is 7.16. The zero-order valence-electron chi connectivity index (χ0n) is 16.1. The van der Waals surface area contributed by atoms with E-state index in [0.29, 0.717) is 11.3 Å². The minimum atomic E-state index is -1.24. The number of allylic oxidation sites excluding steroid dienone is 1.